The molecule has 1 aliphatic rings. The Kier molecular flexibility index (Phi) is 6.70. The lowest BCUT2D eigenvalue weighted by atomic mass is 10.1. The number of halogens is 1. The molecule has 0 saturated carbocycles. The molecule has 2 amide bonds. The molecule has 3 heterocycles. The van der Waals surface area contributed by atoms with Crippen molar-refractivity contribution in [2.45, 2.75) is 32.4 Å². The number of nitrogens with zero attached hydrogens (tertiary/aromatic N) is 3. The summed E-state index contributed by atoms with van der Waals surface area (Å²) in [5, 5.41) is 10.3. The third-order valence-corrected chi connectivity index (χ3v) is 5.71. The van der Waals surface area contributed by atoms with Crippen molar-refractivity contribution in [1.82, 2.24) is 25.4 Å². The quantitative estimate of drug-likeness (QED) is 0.595. The molecule has 166 valence electrons. The number of amides is 2. The van der Waals surface area contributed by atoms with Crippen molar-refractivity contribution in [1.29, 1.82) is 0 Å². The maximum atomic E-state index is 12.7. The van der Waals surface area contributed by atoms with Crippen molar-refractivity contribution < 1.29 is 14.3 Å². The van der Waals surface area contributed by atoms with E-state index < -0.39 is 0 Å². The number of hydrogen-bond donors (Lipinski definition) is 2. The number of ether oxygens (including phenoxy) is 1. The van der Waals surface area contributed by atoms with Crippen LogP contribution >= 0.6 is 11.6 Å². The predicted octanol–water partition coefficient (Wildman–Crippen LogP) is 3.44. The lowest BCUT2D eigenvalue weighted by molar-refractivity contribution is -0.130. The minimum atomic E-state index is -0.296. The molecule has 3 aromatic rings. The smallest absolute Gasteiger partial charge is 0.270 e. The number of benzene rings is 1. The van der Waals surface area contributed by atoms with E-state index in [1.807, 2.05) is 17.0 Å². The molecule has 1 fully saturated rings. The number of pyridine rings is 1. The number of hydrogen-bond acceptors (Lipinski definition) is 5. The van der Waals surface area contributed by atoms with E-state index in [2.05, 4.69) is 20.5 Å². The van der Waals surface area contributed by atoms with Crippen molar-refractivity contribution in [3.05, 3.63) is 65.2 Å². The van der Waals surface area contributed by atoms with Gasteiger partial charge in [0.1, 0.15) is 17.5 Å². The van der Waals surface area contributed by atoms with Crippen LogP contribution in [0.15, 0.2) is 48.9 Å². The lowest BCUT2D eigenvalue weighted by Gasteiger charge is -2.31. The second-order valence-corrected chi connectivity index (χ2v) is 8.12. The van der Waals surface area contributed by atoms with Crippen molar-refractivity contribution in [3.63, 3.8) is 0 Å². The summed E-state index contributed by atoms with van der Waals surface area (Å²) in [4.78, 5) is 30.5. The molecule has 0 unspecified atom stereocenters. The molecule has 0 aliphatic carbocycles. The number of rotatable bonds is 6. The molecule has 0 atom stereocenters. The van der Waals surface area contributed by atoms with Gasteiger partial charge in [-0.2, -0.15) is 5.10 Å². The zero-order valence-electron chi connectivity index (χ0n) is 17.7. The molecule has 1 aromatic carbocycles. The van der Waals surface area contributed by atoms with Gasteiger partial charge in [0.25, 0.3) is 5.91 Å². The summed E-state index contributed by atoms with van der Waals surface area (Å²) in [5.41, 5.74) is 2.78. The Labute approximate surface area is 190 Å². The van der Waals surface area contributed by atoms with E-state index in [0.29, 0.717) is 30.4 Å². The van der Waals surface area contributed by atoms with Gasteiger partial charge in [0, 0.05) is 74.0 Å². The highest BCUT2D eigenvalue weighted by Crippen LogP contribution is 2.31. The fraction of sp³-hybridized carbons (Fsp3) is 0.304. The Bertz CT molecular complexity index is 1080. The van der Waals surface area contributed by atoms with Gasteiger partial charge >= 0.3 is 0 Å². The van der Waals surface area contributed by atoms with E-state index in [1.165, 1.54) is 0 Å². The summed E-state index contributed by atoms with van der Waals surface area (Å²) in [5.74, 6) is 0.348. The van der Waals surface area contributed by atoms with E-state index in [4.69, 9.17) is 16.3 Å². The van der Waals surface area contributed by atoms with Crippen molar-refractivity contribution in [3.8, 4) is 16.9 Å². The summed E-state index contributed by atoms with van der Waals surface area (Å²) in [6.45, 7) is 3.25. The van der Waals surface area contributed by atoms with E-state index >= 15 is 0 Å². The van der Waals surface area contributed by atoms with Crippen LogP contribution in [0.1, 0.15) is 35.8 Å². The Morgan fingerprint density at radius 2 is 1.97 bits per heavy atom. The van der Waals surface area contributed by atoms with Crippen LogP contribution in [0.5, 0.6) is 5.75 Å². The fourth-order valence-electron chi connectivity index (χ4n) is 3.62. The molecule has 9 heteroatoms. The van der Waals surface area contributed by atoms with E-state index in [1.54, 1.807) is 43.7 Å². The first-order valence-corrected chi connectivity index (χ1v) is 10.8. The van der Waals surface area contributed by atoms with Crippen LogP contribution in [0.25, 0.3) is 11.1 Å². The number of aromatic amines is 1. The topological polar surface area (TPSA) is 100 Å². The minimum Gasteiger partial charge on any atom is -0.489 e. The van der Waals surface area contributed by atoms with Crippen LogP contribution in [-0.2, 0) is 11.3 Å². The summed E-state index contributed by atoms with van der Waals surface area (Å²) in [7, 11) is 0. The highest BCUT2D eigenvalue weighted by molar-refractivity contribution is 6.30. The van der Waals surface area contributed by atoms with Crippen LogP contribution in [0.3, 0.4) is 0 Å². The number of carbonyl (C=O) groups excluding carboxylic acids is 2. The van der Waals surface area contributed by atoms with E-state index in [9.17, 15) is 9.59 Å². The average molecular weight is 454 g/mol. The largest absolute Gasteiger partial charge is 0.489 e. The van der Waals surface area contributed by atoms with Crippen LogP contribution in [-0.4, -0.2) is 51.1 Å². The SMILES string of the molecule is CC(=O)N1CCC(Oc2cc(C(=O)NCc3ccc(Cl)cc3)ncc2-c2cn[nH]c2)CC1. The molecular weight excluding hydrogens is 430 g/mol. The zero-order valence-corrected chi connectivity index (χ0v) is 18.4. The number of nitrogens with one attached hydrogen (secondary N) is 2. The van der Waals surface area contributed by atoms with Gasteiger partial charge in [-0.15, -0.1) is 0 Å². The standard InChI is InChI=1S/C23H24ClN5O3/c1-15(30)29-8-6-19(7-9-29)32-22-10-21(25-14-20(22)17-12-27-28-13-17)23(31)26-11-16-2-4-18(24)5-3-16/h2-5,10,12-14,19H,6-9,11H2,1H3,(H,26,31)(H,27,28). The van der Waals surface area contributed by atoms with Gasteiger partial charge in [-0.25, -0.2) is 0 Å². The molecule has 4 rings (SSSR count). The van der Waals surface area contributed by atoms with E-state index in [-0.39, 0.29) is 23.6 Å². The molecule has 0 spiro atoms. The molecule has 32 heavy (non-hydrogen) atoms. The Morgan fingerprint density at radius 3 is 2.62 bits per heavy atom. The van der Waals surface area contributed by atoms with Crippen molar-refractivity contribution in [2.75, 3.05) is 13.1 Å². The van der Waals surface area contributed by atoms with Gasteiger partial charge in [0.2, 0.25) is 5.91 Å². The fourth-order valence-corrected chi connectivity index (χ4v) is 3.74. The van der Waals surface area contributed by atoms with Gasteiger partial charge in [-0.05, 0) is 17.7 Å². The highest BCUT2D eigenvalue weighted by Gasteiger charge is 2.24. The molecular formula is C23H24ClN5O3. The second kappa shape index (κ2) is 9.82. The summed E-state index contributed by atoms with van der Waals surface area (Å²) >= 11 is 5.91. The molecule has 0 radical (unpaired) electrons. The third-order valence-electron chi connectivity index (χ3n) is 5.46. The molecule has 2 N–H and O–H groups in total. The van der Waals surface area contributed by atoms with Crippen molar-refractivity contribution in [2.24, 2.45) is 0 Å². The van der Waals surface area contributed by atoms with Gasteiger partial charge in [-0.3, -0.25) is 19.7 Å². The van der Waals surface area contributed by atoms with Gasteiger partial charge in [-0.1, -0.05) is 23.7 Å². The highest BCUT2D eigenvalue weighted by atomic mass is 35.5. The number of aromatic nitrogens is 3. The first-order valence-electron chi connectivity index (χ1n) is 10.4. The first kappa shape index (κ1) is 21.8. The number of likely N-dealkylation sites (tertiary alicyclic amines) is 1. The number of H-pyrrole nitrogens is 1. The molecule has 1 saturated heterocycles. The maximum Gasteiger partial charge on any atom is 0.270 e. The Balaban J connectivity index is 1.50. The Hall–Kier alpha value is -3.39. The monoisotopic (exact) mass is 453 g/mol. The maximum absolute atomic E-state index is 12.7. The molecule has 1 aliphatic heterocycles. The van der Waals surface area contributed by atoms with Gasteiger partial charge < -0.3 is 15.0 Å². The van der Waals surface area contributed by atoms with Crippen LogP contribution in [0.4, 0.5) is 0 Å². The summed E-state index contributed by atoms with van der Waals surface area (Å²) in [6.07, 6.45) is 6.46. The normalized spacial score (nSPS) is 14.2. The first-order chi connectivity index (χ1) is 15.5. The predicted molar refractivity (Wildman–Crippen MR) is 120 cm³/mol. The average Bonchev–Trinajstić information content (AvgIpc) is 3.33. The third kappa shape index (κ3) is 5.26. The Morgan fingerprint density at radius 1 is 1.22 bits per heavy atom. The lowest BCUT2D eigenvalue weighted by Crippen LogP contribution is -2.40. The van der Waals surface area contributed by atoms with Crippen LogP contribution in [0.2, 0.25) is 5.02 Å². The summed E-state index contributed by atoms with van der Waals surface area (Å²) in [6, 6.07) is 8.95. The van der Waals surface area contributed by atoms with Gasteiger partial charge in [0.15, 0.2) is 0 Å². The van der Waals surface area contributed by atoms with Crippen LogP contribution in [0, 0.1) is 0 Å². The van der Waals surface area contributed by atoms with Crippen molar-refractivity contribution >= 4 is 23.4 Å². The second-order valence-electron chi connectivity index (χ2n) is 7.69. The molecule has 2 aromatic heterocycles. The summed E-state index contributed by atoms with van der Waals surface area (Å²) < 4.78 is 6.29. The van der Waals surface area contributed by atoms with Crippen LogP contribution < -0.4 is 10.1 Å². The minimum absolute atomic E-state index is 0.0522. The number of carbonyl (C=O) groups is 2. The van der Waals surface area contributed by atoms with E-state index in [0.717, 1.165) is 29.5 Å². The van der Waals surface area contributed by atoms with Gasteiger partial charge in [0.05, 0.1) is 6.20 Å². The number of piperidine rings is 1. The zero-order chi connectivity index (χ0) is 22.5. The molecule has 8 nitrogen and oxygen atoms in total. The molecule has 0 bridgehead atoms.